The van der Waals surface area contributed by atoms with Crippen LogP contribution in [0.3, 0.4) is 0 Å². The number of unbranched alkanes of at least 4 members (excludes halogenated alkanes) is 4. The topological polar surface area (TPSA) is 203 Å². The molecule has 4 N–H and O–H groups in total. The van der Waals surface area contributed by atoms with Crippen molar-refractivity contribution in [2.24, 2.45) is 5.11 Å². The fourth-order valence-corrected chi connectivity index (χ4v) is 12.3. The number of nitrogens with zero attached hydrogens (tertiary/aromatic N) is 3. The van der Waals surface area contributed by atoms with Gasteiger partial charge in [-0.05, 0) is 55.4 Å². The number of benzene rings is 2. The van der Waals surface area contributed by atoms with Crippen LogP contribution in [0.4, 0.5) is 4.79 Å². The minimum Gasteiger partial charge on any atom is -0.388 e. The fraction of sp³-hybridized carbons (Fsp3) is 0.651. The van der Waals surface area contributed by atoms with Crippen molar-refractivity contribution in [3.05, 3.63) is 71.1 Å². The normalized spacial score (nSPS) is 17.3. The zero-order valence-electron chi connectivity index (χ0n) is 36.0. The molecule has 4 rings (SSSR count). The van der Waals surface area contributed by atoms with E-state index in [-0.39, 0.29) is 36.3 Å². The highest BCUT2D eigenvalue weighted by Crippen LogP contribution is 2.33. The maximum absolute atomic E-state index is 13.1. The van der Waals surface area contributed by atoms with Gasteiger partial charge >= 0.3 is 14.6 Å². The van der Waals surface area contributed by atoms with Crippen molar-refractivity contribution < 1.29 is 42.2 Å². The number of carbonyl (C=O) groups is 3. The van der Waals surface area contributed by atoms with Gasteiger partial charge in [0.2, 0.25) is 11.8 Å². The monoisotopic (exact) mass is 885 g/mol. The van der Waals surface area contributed by atoms with Gasteiger partial charge in [-0.3, -0.25) is 9.59 Å². The quantitative estimate of drug-likeness (QED) is 0.0196. The standard InChI is InChI=1S/C43H67N7O9SSi/c1-43(2,59-61(35-15-7-5-8-16-35,36-17-9-6-10-18-36)58-24-14-4-3-13-21-47-50-44)33-40(52)46-23-26-55-28-30-57-32-31-56-29-27-54-25-22-45-39(51)20-12-11-19-38-41-37(34-60-38)48-42(53)49-41/h5-10,15-18,37-38,41H,3-4,11-14,19-34H2,1-2H3,(H,45,51)(H,46,52)(H2,48,49,53)/t37-,38-,41-/m0/s1. The molecular weight excluding hydrogens is 819 g/mol. The van der Waals surface area contributed by atoms with E-state index in [9.17, 15) is 14.4 Å². The second-order valence-corrected chi connectivity index (χ2v) is 19.8. The van der Waals surface area contributed by atoms with Crippen LogP contribution in [-0.2, 0) is 37.4 Å². The molecule has 2 heterocycles. The molecule has 4 amide bonds. The maximum Gasteiger partial charge on any atom is 0.407 e. The minimum absolute atomic E-state index is 0.0295. The number of ether oxygens (including phenoxy) is 4. The van der Waals surface area contributed by atoms with Crippen LogP contribution >= 0.6 is 11.8 Å². The number of carbonyl (C=O) groups excluding carboxylic acids is 3. The first-order chi connectivity index (χ1) is 29.7. The molecule has 0 bridgehead atoms. The van der Waals surface area contributed by atoms with E-state index in [2.05, 4.69) is 31.3 Å². The number of hydrogen-bond acceptors (Lipinski definition) is 11. The van der Waals surface area contributed by atoms with Crippen LogP contribution in [0.25, 0.3) is 10.4 Å². The predicted octanol–water partition coefficient (Wildman–Crippen LogP) is 4.34. The van der Waals surface area contributed by atoms with Crippen molar-refractivity contribution in [3.8, 4) is 0 Å². The Kier molecular flexibility index (Phi) is 23.6. The van der Waals surface area contributed by atoms with E-state index < -0.39 is 14.2 Å². The number of azide groups is 1. The molecule has 338 valence electrons. The third-order valence-electron chi connectivity index (χ3n) is 10.2. The number of amides is 4. The van der Waals surface area contributed by atoms with Gasteiger partial charge in [0.15, 0.2) is 0 Å². The highest BCUT2D eigenvalue weighted by atomic mass is 32.2. The highest BCUT2D eigenvalue weighted by molar-refractivity contribution is 8.00. The van der Waals surface area contributed by atoms with Gasteiger partial charge in [-0.25, -0.2) is 4.79 Å². The molecule has 2 aromatic carbocycles. The van der Waals surface area contributed by atoms with E-state index in [0.29, 0.717) is 90.8 Å². The largest absolute Gasteiger partial charge is 0.407 e. The van der Waals surface area contributed by atoms with Gasteiger partial charge in [-0.1, -0.05) is 85.0 Å². The Balaban J connectivity index is 0.997. The average molecular weight is 886 g/mol. The number of rotatable bonds is 34. The summed E-state index contributed by atoms with van der Waals surface area (Å²) >= 11 is 1.90. The average Bonchev–Trinajstić information content (AvgIpc) is 3.82. The number of urea groups is 1. The third kappa shape index (κ3) is 19.1. The summed E-state index contributed by atoms with van der Waals surface area (Å²) in [6, 6.07) is 20.4. The summed E-state index contributed by atoms with van der Waals surface area (Å²) in [6.45, 7) is 8.98. The van der Waals surface area contributed by atoms with Gasteiger partial charge in [0.1, 0.15) is 0 Å². The van der Waals surface area contributed by atoms with E-state index in [1.807, 2.05) is 86.3 Å². The van der Waals surface area contributed by atoms with Gasteiger partial charge in [-0.2, -0.15) is 11.8 Å². The Bertz CT molecular complexity index is 1570. The molecule has 0 unspecified atom stereocenters. The molecule has 2 aliphatic rings. The molecule has 0 aliphatic carbocycles. The van der Waals surface area contributed by atoms with Crippen LogP contribution in [0.2, 0.25) is 0 Å². The van der Waals surface area contributed by atoms with Crippen LogP contribution in [-0.4, -0.2) is 134 Å². The van der Waals surface area contributed by atoms with E-state index in [4.69, 9.17) is 33.3 Å². The first kappa shape index (κ1) is 49.9. The third-order valence-corrected chi connectivity index (χ3v) is 15.3. The van der Waals surface area contributed by atoms with Crippen molar-refractivity contribution in [1.29, 1.82) is 0 Å². The number of nitrogens with one attached hydrogen (secondary N) is 4. The van der Waals surface area contributed by atoms with Gasteiger partial charge in [0.25, 0.3) is 0 Å². The lowest BCUT2D eigenvalue weighted by molar-refractivity contribution is -0.125. The van der Waals surface area contributed by atoms with Crippen LogP contribution in [0, 0.1) is 0 Å². The van der Waals surface area contributed by atoms with Gasteiger partial charge in [-0.15, -0.1) is 0 Å². The van der Waals surface area contributed by atoms with E-state index in [0.717, 1.165) is 61.1 Å². The number of hydrogen-bond donors (Lipinski definition) is 4. The van der Waals surface area contributed by atoms with Crippen LogP contribution in [0.5, 0.6) is 0 Å². The molecule has 61 heavy (non-hydrogen) atoms. The smallest absolute Gasteiger partial charge is 0.388 e. The summed E-state index contributed by atoms with van der Waals surface area (Å²) in [6.07, 6.45) is 6.98. The Morgan fingerprint density at radius 1 is 0.770 bits per heavy atom. The van der Waals surface area contributed by atoms with Crippen molar-refractivity contribution in [2.75, 3.05) is 84.8 Å². The lowest BCUT2D eigenvalue weighted by atomic mass is 10.0. The molecule has 2 saturated heterocycles. The van der Waals surface area contributed by atoms with Crippen LogP contribution in [0.1, 0.15) is 71.6 Å². The molecule has 16 nitrogen and oxygen atoms in total. The Morgan fingerprint density at radius 2 is 1.34 bits per heavy atom. The fourth-order valence-electron chi connectivity index (χ4n) is 7.22. The van der Waals surface area contributed by atoms with Crippen molar-refractivity contribution in [3.63, 3.8) is 0 Å². The minimum atomic E-state index is -3.24. The summed E-state index contributed by atoms with van der Waals surface area (Å²) in [5.41, 5.74) is 7.68. The Hall–Kier alpha value is -3.71. The van der Waals surface area contributed by atoms with Crippen molar-refractivity contribution in [1.82, 2.24) is 21.3 Å². The van der Waals surface area contributed by atoms with E-state index in [1.165, 1.54) is 0 Å². The maximum atomic E-state index is 13.1. The lowest BCUT2D eigenvalue weighted by Crippen LogP contribution is -2.66. The molecule has 3 atom stereocenters. The zero-order chi connectivity index (χ0) is 43.4. The van der Waals surface area contributed by atoms with Gasteiger partial charge < -0.3 is 49.1 Å². The molecule has 0 spiro atoms. The molecule has 0 aromatic heterocycles. The summed E-state index contributed by atoms with van der Waals surface area (Å²) in [4.78, 5) is 39.6. The number of thioether (sulfide) groups is 1. The van der Waals surface area contributed by atoms with Crippen LogP contribution in [0.15, 0.2) is 65.8 Å². The molecule has 0 saturated carbocycles. The number of fused-ring (bicyclic) bond motifs is 1. The molecular formula is C43H67N7O9SSi. The van der Waals surface area contributed by atoms with E-state index in [1.54, 1.807) is 0 Å². The second kappa shape index (κ2) is 28.8. The predicted molar refractivity (Wildman–Crippen MR) is 239 cm³/mol. The summed E-state index contributed by atoms with van der Waals surface area (Å²) in [7, 11) is -3.24. The van der Waals surface area contributed by atoms with E-state index >= 15 is 0 Å². The zero-order valence-corrected chi connectivity index (χ0v) is 37.8. The first-order valence-corrected chi connectivity index (χ1v) is 24.6. The lowest BCUT2D eigenvalue weighted by Gasteiger charge is -2.39. The summed E-state index contributed by atoms with van der Waals surface area (Å²) in [5, 5.41) is 17.8. The molecule has 0 radical (unpaired) electrons. The van der Waals surface area contributed by atoms with Crippen molar-refractivity contribution >= 4 is 48.5 Å². The molecule has 2 aromatic rings. The SMILES string of the molecule is CC(C)(CC(=O)NCCOCCOCCOCCOCCNC(=O)CCCC[C@@H]1SC[C@@H]2NC(=O)N[C@@H]21)O[Si](OCCCCCCN=[N+]=[N-])(c1ccccc1)c1ccccc1. The van der Waals surface area contributed by atoms with Crippen LogP contribution < -0.4 is 31.6 Å². The Labute approximate surface area is 366 Å². The second-order valence-electron chi connectivity index (χ2n) is 15.6. The van der Waals surface area contributed by atoms with Gasteiger partial charge in [0, 0.05) is 48.6 Å². The molecule has 2 fully saturated rings. The first-order valence-electron chi connectivity index (χ1n) is 21.7. The summed E-state index contributed by atoms with van der Waals surface area (Å²) < 4.78 is 36.2. The van der Waals surface area contributed by atoms with Crippen molar-refractivity contribution in [2.45, 2.75) is 94.6 Å². The summed E-state index contributed by atoms with van der Waals surface area (Å²) in [5.74, 6) is 0.839. The molecule has 18 heteroatoms. The molecule has 2 aliphatic heterocycles. The highest BCUT2D eigenvalue weighted by Gasteiger charge is 2.47. The Morgan fingerprint density at radius 3 is 1.95 bits per heavy atom. The van der Waals surface area contributed by atoms with Gasteiger partial charge in [0.05, 0.1) is 77.0 Å².